The molecule has 0 atom stereocenters. The normalized spacial score (nSPS) is 11.0. The van der Waals surface area contributed by atoms with E-state index in [2.05, 4.69) is 0 Å². The molecule has 0 fully saturated rings. The summed E-state index contributed by atoms with van der Waals surface area (Å²) in [5, 5.41) is 0. The molecule has 0 saturated heterocycles. The average molecular weight is 80.9 g/mol. The summed E-state index contributed by atoms with van der Waals surface area (Å²) in [6.45, 7) is 0. The van der Waals surface area contributed by atoms with Gasteiger partial charge < -0.3 is 5.73 Å². The number of rotatable bonds is 1. The van der Waals surface area contributed by atoms with Crippen molar-refractivity contribution in [1.82, 2.24) is 0 Å². The van der Waals surface area contributed by atoms with Gasteiger partial charge in [0.05, 0.1) is 0 Å². The van der Waals surface area contributed by atoms with Crippen molar-refractivity contribution in [2.24, 2.45) is 5.73 Å². The van der Waals surface area contributed by atoms with Gasteiger partial charge in [-0.1, -0.05) is 0 Å². The summed E-state index contributed by atoms with van der Waals surface area (Å²) in [6, 6.07) is 0. The predicted octanol–water partition coefficient (Wildman–Crippen LogP) is -0.846. The number of aldehydes is 1. The van der Waals surface area contributed by atoms with Crippen LogP contribution >= 0.6 is 0 Å². The Morgan fingerprint density at radius 2 is 2.33 bits per heavy atom. The summed E-state index contributed by atoms with van der Waals surface area (Å²) >= 11 is 0. The Morgan fingerprint density at radius 3 is 2.33 bits per heavy atom. The van der Waals surface area contributed by atoms with E-state index in [1.165, 1.54) is 0 Å². The summed E-state index contributed by atoms with van der Waals surface area (Å²) < 4.78 is 0. The van der Waals surface area contributed by atoms with Crippen LogP contribution in [0.2, 0.25) is 0 Å². The number of allylic oxidation sites excluding steroid dienone is 1. The van der Waals surface area contributed by atoms with Crippen molar-refractivity contribution in [3.63, 3.8) is 0 Å². The predicted molar refractivity (Wildman–Crippen MR) is 24.1 cm³/mol. The Morgan fingerprint density at radius 1 is 1.83 bits per heavy atom. The zero-order valence-electron chi connectivity index (χ0n) is 3.22. The molecule has 0 unspecified atom stereocenters. The average Bonchev–Trinajstić information content (AvgIpc) is 1.65. The maximum Gasteiger partial charge on any atom is 0.137 e. The highest BCUT2D eigenvalue weighted by molar-refractivity contribution is 6.31. The fraction of sp³-hybridized carbons (Fsp3) is 0. The summed E-state index contributed by atoms with van der Waals surface area (Å²) in [5.74, 6) is 0. The SMILES string of the molecule is [B]/C(C=O)=C/N. The van der Waals surface area contributed by atoms with Crippen molar-refractivity contribution in [1.29, 1.82) is 0 Å². The Bertz CT molecular complexity index is 78.9. The van der Waals surface area contributed by atoms with Gasteiger partial charge in [-0.3, -0.25) is 4.79 Å². The Hall–Kier alpha value is -0.725. The molecule has 0 aromatic carbocycles. The van der Waals surface area contributed by atoms with Crippen molar-refractivity contribution < 1.29 is 4.79 Å². The van der Waals surface area contributed by atoms with Crippen LogP contribution in [0.1, 0.15) is 0 Å². The van der Waals surface area contributed by atoms with Crippen LogP contribution in [0.25, 0.3) is 0 Å². The smallest absolute Gasteiger partial charge is 0.137 e. The van der Waals surface area contributed by atoms with Gasteiger partial charge in [0, 0.05) is 0 Å². The molecular weight excluding hydrogens is 76.9 g/mol. The number of hydrogen-bond acceptors (Lipinski definition) is 2. The molecule has 0 aromatic rings. The molecule has 0 amide bonds. The van der Waals surface area contributed by atoms with Crippen molar-refractivity contribution >= 4 is 14.1 Å². The van der Waals surface area contributed by atoms with E-state index in [0.29, 0.717) is 6.29 Å². The summed E-state index contributed by atoms with van der Waals surface area (Å²) in [4.78, 5) is 9.46. The zero-order valence-corrected chi connectivity index (χ0v) is 3.22. The van der Waals surface area contributed by atoms with Crippen LogP contribution in [0, 0.1) is 0 Å². The van der Waals surface area contributed by atoms with Crippen LogP contribution in [0.3, 0.4) is 0 Å². The first-order valence-corrected chi connectivity index (χ1v) is 1.44. The minimum absolute atomic E-state index is 0.0648. The first-order valence-electron chi connectivity index (χ1n) is 1.44. The van der Waals surface area contributed by atoms with Crippen LogP contribution < -0.4 is 5.73 Å². The number of carbonyl (C=O) groups excluding carboxylic acids is 1. The molecule has 0 bridgehead atoms. The third-order valence-corrected chi connectivity index (χ3v) is 0.329. The molecule has 30 valence electrons. The van der Waals surface area contributed by atoms with E-state index in [0.717, 1.165) is 6.20 Å². The van der Waals surface area contributed by atoms with Gasteiger partial charge in [0.1, 0.15) is 14.1 Å². The van der Waals surface area contributed by atoms with E-state index in [9.17, 15) is 4.79 Å². The van der Waals surface area contributed by atoms with Crippen LogP contribution in [-0.4, -0.2) is 14.1 Å². The van der Waals surface area contributed by atoms with E-state index in [-0.39, 0.29) is 5.47 Å². The molecule has 0 aliphatic rings. The van der Waals surface area contributed by atoms with E-state index in [4.69, 9.17) is 13.6 Å². The topological polar surface area (TPSA) is 43.1 Å². The Labute approximate surface area is 37.4 Å². The van der Waals surface area contributed by atoms with Crippen molar-refractivity contribution in [3.05, 3.63) is 11.7 Å². The molecule has 0 aliphatic heterocycles. The second-order valence-electron chi connectivity index (χ2n) is 0.785. The molecule has 0 saturated carbocycles. The standard InChI is InChI=1S/C3H4BNO/c4-3(1-5)2-6/h1-2H,5H2/b3-1+. The monoisotopic (exact) mass is 81.0 g/mol. The summed E-state index contributed by atoms with van der Waals surface area (Å²) in [7, 11) is 4.84. The van der Waals surface area contributed by atoms with Crippen molar-refractivity contribution in [2.45, 2.75) is 0 Å². The molecule has 0 heterocycles. The van der Waals surface area contributed by atoms with Crippen LogP contribution in [0.4, 0.5) is 0 Å². The van der Waals surface area contributed by atoms with Gasteiger partial charge in [0.15, 0.2) is 0 Å². The van der Waals surface area contributed by atoms with E-state index >= 15 is 0 Å². The first kappa shape index (κ1) is 5.27. The van der Waals surface area contributed by atoms with Crippen LogP contribution in [0.5, 0.6) is 0 Å². The maximum absolute atomic E-state index is 9.46. The molecule has 0 aliphatic carbocycles. The third kappa shape index (κ3) is 1.58. The molecular formula is C3H4BNO. The molecule has 0 spiro atoms. The number of hydrogen-bond donors (Lipinski definition) is 1. The van der Waals surface area contributed by atoms with Gasteiger partial charge in [0.2, 0.25) is 0 Å². The second kappa shape index (κ2) is 2.51. The fourth-order valence-electron chi connectivity index (χ4n) is 0.0393. The van der Waals surface area contributed by atoms with Crippen LogP contribution in [0.15, 0.2) is 11.7 Å². The van der Waals surface area contributed by atoms with Crippen molar-refractivity contribution in [2.75, 3.05) is 0 Å². The Balaban J connectivity index is 3.50. The van der Waals surface area contributed by atoms with Crippen molar-refractivity contribution in [3.8, 4) is 0 Å². The molecule has 3 heteroatoms. The lowest BCUT2D eigenvalue weighted by Crippen LogP contribution is -1.87. The first-order chi connectivity index (χ1) is 2.81. The van der Waals surface area contributed by atoms with E-state index in [1.807, 2.05) is 0 Å². The highest BCUT2D eigenvalue weighted by atomic mass is 16.1. The minimum Gasteiger partial charge on any atom is -0.405 e. The van der Waals surface area contributed by atoms with Crippen LogP contribution in [-0.2, 0) is 4.79 Å². The Kier molecular flexibility index (Phi) is 2.21. The zero-order chi connectivity index (χ0) is 4.99. The van der Waals surface area contributed by atoms with Gasteiger partial charge in [-0.15, -0.1) is 0 Å². The molecule has 0 aromatic heterocycles. The molecule has 2 nitrogen and oxygen atoms in total. The fourth-order valence-corrected chi connectivity index (χ4v) is 0.0393. The van der Waals surface area contributed by atoms with E-state index < -0.39 is 0 Å². The molecule has 2 radical (unpaired) electrons. The maximum atomic E-state index is 9.46. The summed E-state index contributed by atoms with van der Waals surface area (Å²) in [5.41, 5.74) is 4.83. The molecule has 6 heavy (non-hydrogen) atoms. The highest BCUT2D eigenvalue weighted by Gasteiger charge is 1.73. The number of carbonyl (C=O) groups is 1. The number of nitrogens with two attached hydrogens (primary N) is 1. The van der Waals surface area contributed by atoms with Gasteiger partial charge in [0.25, 0.3) is 0 Å². The molecule has 0 rings (SSSR count). The summed E-state index contributed by atoms with van der Waals surface area (Å²) in [6.07, 6.45) is 1.53. The lowest BCUT2D eigenvalue weighted by atomic mass is 9.99. The highest BCUT2D eigenvalue weighted by Crippen LogP contribution is 1.68. The third-order valence-electron chi connectivity index (χ3n) is 0.329. The second-order valence-corrected chi connectivity index (χ2v) is 0.785. The largest absolute Gasteiger partial charge is 0.405 e. The van der Waals surface area contributed by atoms with Gasteiger partial charge >= 0.3 is 0 Å². The lowest BCUT2D eigenvalue weighted by Gasteiger charge is -1.74. The van der Waals surface area contributed by atoms with E-state index in [1.54, 1.807) is 0 Å². The quantitative estimate of drug-likeness (QED) is 0.254. The molecule has 2 N–H and O–H groups in total. The van der Waals surface area contributed by atoms with Gasteiger partial charge in [-0.25, -0.2) is 0 Å². The minimum atomic E-state index is 0.0648. The van der Waals surface area contributed by atoms with Gasteiger partial charge in [-0.05, 0) is 11.7 Å². The van der Waals surface area contributed by atoms with Gasteiger partial charge in [-0.2, -0.15) is 0 Å². The lowest BCUT2D eigenvalue weighted by molar-refractivity contribution is -0.104.